The van der Waals surface area contributed by atoms with Gasteiger partial charge in [0.25, 0.3) is 11.8 Å². The Balaban J connectivity index is 1.43. The van der Waals surface area contributed by atoms with Crippen molar-refractivity contribution in [2.45, 2.75) is 19.4 Å². The predicted octanol–water partition coefficient (Wildman–Crippen LogP) is 2.70. The van der Waals surface area contributed by atoms with Crippen LogP contribution in [0.25, 0.3) is 0 Å². The van der Waals surface area contributed by atoms with Crippen LogP contribution in [0.3, 0.4) is 0 Å². The Morgan fingerprint density at radius 3 is 2.86 bits per heavy atom. The lowest BCUT2D eigenvalue weighted by Gasteiger charge is -2.13. The molecule has 0 spiro atoms. The van der Waals surface area contributed by atoms with Crippen molar-refractivity contribution in [2.75, 3.05) is 11.9 Å². The average molecular weight is 377 g/mol. The van der Waals surface area contributed by atoms with E-state index in [4.69, 9.17) is 9.26 Å². The van der Waals surface area contributed by atoms with Gasteiger partial charge in [0.05, 0.1) is 5.69 Å². The first-order valence-corrected chi connectivity index (χ1v) is 8.94. The first-order chi connectivity index (χ1) is 13.6. The molecule has 3 aromatic rings. The number of aryl methyl sites for hydroxylation is 1. The second kappa shape index (κ2) is 7.56. The minimum absolute atomic E-state index is 0.0305. The minimum atomic E-state index is -0.839. The highest BCUT2D eigenvalue weighted by Gasteiger charge is 2.28. The smallest absolute Gasteiger partial charge is 0.274 e. The van der Waals surface area contributed by atoms with Crippen LogP contribution in [0.15, 0.2) is 59.1 Å². The van der Waals surface area contributed by atoms with E-state index in [0.29, 0.717) is 23.6 Å². The summed E-state index contributed by atoms with van der Waals surface area (Å²) < 4.78 is 10.9. The molecule has 1 aliphatic heterocycles. The van der Waals surface area contributed by atoms with Gasteiger partial charge in [-0.3, -0.25) is 9.59 Å². The molecule has 0 saturated heterocycles. The van der Waals surface area contributed by atoms with Crippen molar-refractivity contribution in [1.82, 2.24) is 10.5 Å². The molecule has 2 aromatic carbocycles. The van der Waals surface area contributed by atoms with Crippen molar-refractivity contribution in [3.05, 3.63) is 77.2 Å². The number of hydrogen-bond acceptors (Lipinski definition) is 5. The third-order valence-electron chi connectivity index (χ3n) is 4.52. The fourth-order valence-corrected chi connectivity index (χ4v) is 3.02. The van der Waals surface area contributed by atoms with Crippen LogP contribution in [-0.2, 0) is 11.2 Å². The number of amides is 2. The number of nitrogens with zero attached hydrogens (tertiary/aromatic N) is 1. The minimum Gasteiger partial charge on any atom is -0.489 e. The Bertz CT molecular complexity index is 1010. The van der Waals surface area contributed by atoms with Crippen molar-refractivity contribution < 1.29 is 18.8 Å². The number of fused-ring (bicyclic) bond motifs is 1. The number of anilines is 1. The SMILES string of the molecule is Cc1cccc2c1NC(=O)[C@@H](NC(=O)c1cc(Cc3ccccc3)on1)CO2. The van der Waals surface area contributed by atoms with E-state index in [1.807, 2.05) is 49.4 Å². The summed E-state index contributed by atoms with van der Waals surface area (Å²) in [6.45, 7) is 1.91. The predicted molar refractivity (Wildman–Crippen MR) is 102 cm³/mol. The van der Waals surface area contributed by atoms with Gasteiger partial charge in [0.1, 0.15) is 24.2 Å². The number of hydrogen-bond donors (Lipinski definition) is 2. The van der Waals surface area contributed by atoms with Crippen LogP contribution in [0.5, 0.6) is 5.75 Å². The average Bonchev–Trinajstić information content (AvgIpc) is 3.10. The van der Waals surface area contributed by atoms with E-state index < -0.39 is 11.9 Å². The third-order valence-corrected chi connectivity index (χ3v) is 4.52. The zero-order valence-corrected chi connectivity index (χ0v) is 15.3. The molecule has 1 aliphatic rings. The highest BCUT2D eigenvalue weighted by atomic mass is 16.5. The van der Waals surface area contributed by atoms with Crippen molar-refractivity contribution in [1.29, 1.82) is 0 Å². The molecule has 0 unspecified atom stereocenters. The molecular weight excluding hydrogens is 358 g/mol. The molecule has 0 fully saturated rings. The fraction of sp³-hybridized carbons (Fsp3) is 0.190. The van der Waals surface area contributed by atoms with Gasteiger partial charge < -0.3 is 19.9 Å². The van der Waals surface area contributed by atoms with Crippen molar-refractivity contribution in [2.24, 2.45) is 0 Å². The largest absolute Gasteiger partial charge is 0.489 e. The Labute approximate surface area is 161 Å². The molecule has 28 heavy (non-hydrogen) atoms. The fourth-order valence-electron chi connectivity index (χ4n) is 3.02. The van der Waals surface area contributed by atoms with Gasteiger partial charge in [-0.25, -0.2) is 0 Å². The van der Waals surface area contributed by atoms with Crippen molar-refractivity contribution >= 4 is 17.5 Å². The van der Waals surface area contributed by atoms with Gasteiger partial charge in [-0.15, -0.1) is 0 Å². The van der Waals surface area contributed by atoms with E-state index >= 15 is 0 Å². The van der Waals surface area contributed by atoms with Gasteiger partial charge in [0.15, 0.2) is 5.69 Å². The van der Waals surface area contributed by atoms with Gasteiger partial charge in [0, 0.05) is 12.5 Å². The van der Waals surface area contributed by atoms with Gasteiger partial charge in [-0.1, -0.05) is 47.6 Å². The quantitative estimate of drug-likeness (QED) is 0.729. The molecule has 142 valence electrons. The number of nitrogens with one attached hydrogen (secondary N) is 2. The monoisotopic (exact) mass is 377 g/mol. The molecule has 1 aromatic heterocycles. The molecule has 0 bridgehead atoms. The zero-order valence-electron chi connectivity index (χ0n) is 15.3. The molecule has 2 N–H and O–H groups in total. The lowest BCUT2D eigenvalue weighted by molar-refractivity contribution is -0.118. The molecule has 7 heteroatoms. The summed E-state index contributed by atoms with van der Waals surface area (Å²) >= 11 is 0. The molecule has 0 aliphatic carbocycles. The topological polar surface area (TPSA) is 93.5 Å². The summed E-state index contributed by atoms with van der Waals surface area (Å²) in [5.74, 6) is 0.321. The standard InChI is InChI=1S/C21H19N3O4/c1-13-6-5-9-18-19(13)23-21(26)17(12-27-18)22-20(25)16-11-15(28-24-16)10-14-7-3-2-4-8-14/h2-9,11,17H,10,12H2,1H3,(H,22,25)(H,23,26)/t17-/m0/s1. The van der Waals surface area contributed by atoms with Crippen LogP contribution in [0.1, 0.15) is 27.4 Å². The number of aromatic nitrogens is 1. The highest BCUT2D eigenvalue weighted by Crippen LogP contribution is 2.30. The summed E-state index contributed by atoms with van der Waals surface area (Å²) in [6.07, 6.45) is 0.530. The van der Waals surface area contributed by atoms with Crippen molar-refractivity contribution in [3.63, 3.8) is 0 Å². The summed E-state index contributed by atoms with van der Waals surface area (Å²) in [7, 11) is 0. The summed E-state index contributed by atoms with van der Waals surface area (Å²) in [6, 6.07) is 16.0. The zero-order chi connectivity index (χ0) is 19.5. The Kier molecular flexibility index (Phi) is 4.80. The van der Waals surface area contributed by atoms with Crippen LogP contribution in [-0.4, -0.2) is 29.6 Å². The maximum atomic E-state index is 12.5. The molecule has 2 heterocycles. The Hall–Kier alpha value is -3.61. The molecule has 2 amide bonds. The summed E-state index contributed by atoms with van der Waals surface area (Å²) in [5.41, 5.74) is 2.68. The molecule has 0 radical (unpaired) electrons. The van der Waals surface area contributed by atoms with Crippen LogP contribution in [0.2, 0.25) is 0 Å². The van der Waals surface area contributed by atoms with E-state index in [1.54, 1.807) is 12.1 Å². The number of para-hydroxylation sites is 1. The van der Waals surface area contributed by atoms with E-state index in [1.165, 1.54) is 0 Å². The van der Waals surface area contributed by atoms with Crippen LogP contribution in [0.4, 0.5) is 5.69 Å². The Morgan fingerprint density at radius 1 is 1.21 bits per heavy atom. The molecule has 1 atom stereocenters. The molecule has 0 saturated carbocycles. The number of rotatable bonds is 4. The van der Waals surface area contributed by atoms with Gasteiger partial charge in [0.2, 0.25) is 0 Å². The maximum Gasteiger partial charge on any atom is 0.274 e. The highest BCUT2D eigenvalue weighted by molar-refractivity contribution is 6.02. The second-order valence-electron chi connectivity index (χ2n) is 6.62. The second-order valence-corrected chi connectivity index (χ2v) is 6.62. The molecular formula is C21H19N3O4. The third kappa shape index (κ3) is 3.73. The molecule has 4 rings (SSSR count). The van der Waals surface area contributed by atoms with Crippen molar-refractivity contribution in [3.8, 4) is 5.75 Å². The van der Waals surface area contributed by atoms with E-state index in [9.17, 15) is 9.59 Å². The van der Waals surface area contributed by atoms with Crippen LogP contribution < -0.4 is 15.4 Å². The number of carbonyl (C=O) groups is 2. The van der Waals surface area contributed by atoms with E-state index in [0.717, 1.165) is 11.1 Å². The number of benzene rings is 2. The van der Waals surface area contributed by atoms with E-state index in [2.05, 4.69) is 15.8 Å². The normalized spacial score (nSPS) is 15.8. The van der Waals surface area contributed by atoms with Crippen LogP contribution in [0, 0.1) is 6.92 Å². The number of carbonyl (C=O) groups excluding carboxylic acids is 2. The first-order valence-electron chi connectivity index (χ1n) is 8.94. The van der Waals surface area contributed by atoms with Gasteiger partial charge in [-0.05, 0) is 24.1 Å². The van der Waals surface area contributed by atoms with Crippen LogP contribution >= 0.6 is 0 Å². The first kappa shape index (κ1) is 17.8. The van der Waals surface area contributed by atoms with E-state index in [-0.39, 0.29) is 18.2 Å². The van der Waals surface area contributed by atoms with Gasteiger partial charge >= 0.3 is 0 Å². The summed E-state index contributed by atoms with van der Waals surface area (Å²) in [5, 5.41) is 9.29. The number of ether oxygens (including phenoxy) is 1. The lowest BCUT2D eigenvalue weighted by atomic mass is 10.1. The Morgan fingerprint density at radius 2 is 2.04 bits per heavy atom. The maximum absolute atomic E-state index is 12.5. The molecule has 7 nitrogen and oxygen atoms in total. The van der Waals surface area contributed by atoms with Gasteiger partial charge in [-0.2, -0.15) is 0 Å². The lowest BCUT2D eigenvalue weighted by Crippen LogP contribution is -2.46. The summed E-state index contributed by atoms with van der Waals surface area (Å²) in [4.78, 5) is 25.0.